The molecule has 4 rings (SSSR count). The van der Waals surface area contributed by atoms with E-state index in [0.29, 0.717) is 29.3 Å². The first-order chi connectivity index (χ1) is 19.6. The zero-order valence-corrected chi connectivity index (χ0v) is 24.9. The van der Waals surface area contributed by atoms with Crippen molar-refractivity contribution in [1.29, 1.82) is 0 Å². The molecule has 1 aromatic heterocycles. The third kappa shape index (κ3) is 7.47. The average Bonchev–Trinajstić information content (AvgIpc) is 3.57. The number of methoxy groups -OCH3 is 1. The van der Waals surface area contributed by atoms with Crippen molar-refractivity contribution in [3.63, 3.8) is 0 Å². The van der Waals surface area contributed by atoms with Crippen LogP contribution in [-0.4, -0.2) is 41.5 Å². The molecule has 1 heterocycles. The molecule has 0 bridgehead atoms. The lowest BCUT2D eigenvalue weighted by Gasteiger charge is -2.26. The van der Waals surface area contributed by atoms with E-state index >= 15 is 0 Å². The Morgan fingerprint density at radius 1 is 1.05 bits per heavy atom. The van der Waals surface area contributed by atoms with Crippen LogP contribution in [0.2, 0.25) is 5.02 Å². The maximum Gasteiger partial charge on any atom is 0.262 e. The van der Waals surface area contributed by atoms with E-state index in [2.05, 4.69) is 10.6 Å². The number of halogens is 1. The summed E-state index contributed by atoms with van der Waals surface area (Å²) in [6.07, 6.45) is 10.2. The molecule has 2 aromatic carbocycles. The van der Waals surface area contributed by atoms with E-state index in [1.54, 1.807) is 35.9 Å². The number of carbonyl (C=O) groups is 3. The minimum atomic E-state index is -0.292. The van der Waals surface area contributed by atoms with Crippen LogP contribution in [0.25, 0.3) is 10.9 Å². The molecule has 41 heavy (non-hydrogen) atoms. The van der Waals surface area contributed by atoms with Crippen molar-refractivity contribution in [2.45, 2.75) is 64.8 Å². The Labute approximate surface area is 246 Å². The molecule has 0 fully saturated rings. The highest BCUT2D eigenvalue weighted by Gasteiger charge is 2.23. The van der Waals surface area contributed by atoms with Gasteiger partial charge in [-0.05, 0) is 88.1 Å². The fourth-order valence-electron chi connectivity index (χ4n) is 5.18. The molecular weight excluding hydrogens is 538 g/mol. The number of nitrogens with zero attached hydrogens (tertiary/aromatic N) is 1. The van der Waals surface area contributed by atoms with Crippen LogP contribution < -0.4 is 15.4 Å². The second kappa shape index (κ2) is 13.2. The Morgan fingerprint density at radius 2 is 1.80 bits per heavy atom. The Bertz CT molecular complexity index is 1500. The number of aromatic nitrogens is 1. The molecule has 216 valence electrons. The number of amides is 2. The molecule has 1 aliphatic rings. The highest BCUT2D eigenvalue weighted by Crippen LogP contribution is 2.31. The van der Waals surface area contributed by atoms with Crippen molar-refractivity contribution in [3.05, 3.63) is 88.1 Å². The highest BCUT2D eigenvalue weighted by molar-refractivity contribution is 6.30. The normalized spacial score (nSPS) is 12.9. The van der Waals surface area contributed by atoms with Crippen molar-refractivity contribution in [2.75, 3.05) is 13.7 Å². The predicted molar refractivity (Wildman–Crippen MR) is 164 cm³/mol. The summed E-state index contributed by atoms with van der Waals surface area (Å²) in [5, 5.41) is 7.53. The molecule has 0 saturated heterocycles. The summed E-state index contributed by atoms with van der Waals surface area (Å²) < 4.78 is 7.08. The number of unbranched alkanes of at least 4 members (excludes halogenated alkanes) is 2. The van der Waals surface area contributed by atoms with Crippen molar-refractivity contribution >= 4 is 40.2 Å². The summed E-state index contributed by atoms with van der Waals surface area (Å²) in [6.45, 7) is 6.51. The van der Waals surface area contributed by atoms with Crippen molar-refractivity contribution < 1.29 is 19.1 Å². The summed E-state index contributed by atoms with van der Waals surface area (Å²) >= 11 is 6.02. The Morgan fingerprint density at radius 3 is 2.49 bits per heavy atom. The van der Waals surface area contributed by atoms with Crippen molar-refractivity contribution in [1.82, 2.24) is 15.2 Å². The van der Waals surface area contributed by atoms with Crippen LogP contribution in [-0.2, 0) is 16.0 Å². The molecule has 0 saturated carbocycles. The van der Waals surface area contributed by atoms with Gasteiger partial charge in [-0.25, -0.2) is 0 Å². The first-order valence-corrected chi connectivity index (χ1v) is 14.4. The lowest BCUT2D eigenvalue weighted by molar-refractivity contribution is -0.120. The monoisotopic (exact) mass is 575 g/mol. The van der Waals surface area contributed by atoms with Gasteiger partial charge in [0, 0.05) is 39.3 Å². The van der Waals surface area contributed by atoms with Gasteiger partial charge >= 0.3 is 0 Å². The number of hydrogen-bond acceptors (Lipinski definition) is 4. The van der Waals surface area contributed by atoms with Gasteiger partial charge in [0.25, 0.3) is 5.91 Å². The predicted octanol–water partition coefficient (Wildman–Crippen LogP) is 6.30. The zero-order valence-electron chi connectivity index (χ0n) is 24.2. The molecular formula is C33H38ClN3O4. The lowest BCUT2D eigenvalue weighted by atomic mass is 9.96. The fraction of sp³-hybridized carbons (Fsp3) is 0.364. The van der Waals surface area contributed by atoms with E-state index in [4.69, 9.17) is 16.3 Å². The van der Waals surface area contributed by atoms with E-state index in [0.717, 1.165) is 53.4 Å². The van der Waals surface area contributed by atoms with Crippen LogP contribution in [0.4, 0.5) is 0 Å². The van der Waals surface area contributed by atoms with Crippen molar-refractivity contribution in [3.8, 4) is 5.75 Å². The number of rotatable bonds is 12. The van der Waals surface area contributed by atoms with Gasteiger partial charge in [0.1, 0.15) is 5.75 Å². The van der Waals surface area contributed by atoms with Crippen LogP contribution in [0.15, 0.2) is 66.3 Å². The summed E-state index contributed by atoms with van der Waals surface area (Å²) in [6, 6.07) is 12.3. The molecule has 7 nitrogen and oxygen atoms in total. The van der Waals surface area contributed by atoms with E-state index in [1.165, 1.54) is 0 Å². The van der Waals surface area contributed by atoms with Gasteiger partial charge in [-0.1, -0.05) is 42.7 Å². The summed E-state index contributed by atoms with van der Waals surface area (Å²) in [7, 11) is 1.59. The molecule has 3 aromatic rings. The number of allylic oxidation sites excluding steroid dienone is 3. The summed E-state index contributed by atoms with van der Waals surface area (Å²) in [4.78, 5) is 38.8. The third-order valence-electron chi connectivity index (χ3n) is 7.49. The summed E-state index contributed by atoms with van der Waals surface area (Å²) in [5.74, 6) is 0.374. The fourth-order valence-corrected chi connectivity index (χ4v) is 5.31. The smallest absolute Gasteiger partial charge is 0.262 e. The maximum atomic E-state index is 13.5. The second-order valence-corrected chi connectivity index (χ2v) is 11.5. The van der Waals surface area contributed by atoms with Gasteiger partial charge in [0.2, 0.25) is 11.8 Å². The Hall–Kier alpha value is -3.84. The second-order valence-electron chi connectivity index (χ2n) is 11.1. The first kappa shape index (κ1) is 30.1. The minimum Gasteiger partial charge on any atom is -0.497 e. The number of benzene rings is 2. The van der Waals surface area contributed by atoms with Gasteiger partial charge in [0.05, 0.1) is 19.0 Å². The van der Waals surface area contributed by atoms with Gasteiger partial charge in [-0.2, -0.15) is 0 Å². The highest BCUT2D eigenvalue weighted by atomic mass is 35.5. The standard InChI is InChI=1S/C33H38ClN3O4/c1-22-27(21-30(38)35-19-9-5-8-18-33(2,3)36-31(39)23-10-6-7-11-23)28-20-26(41-4)16-17-29(28)37(22)32(40)24-12-14-25(34)15-13-24/h6-7,10,12-17,20H,5,8-9,11,18-19,21H2,1-4H3,(H,35,38)(H,36,39). The molecule has 0 unspecified atom stereocenters. The summed E-state index contributed by atoms with van der Waals surface area (Å²) in [5.41, 5.74) is 3.25. The van der Waals surface area contributed by atoms with Gasteiger partial charge in [-0.15, -0.1) is 0 Å². The molecule has 0 aliphatic heterocycles. The molecule has 2 amide bonds. The number of nitrogens with one attached hydrogen (secondary N) is 2. The van der Waals surface area contributed by atoms with Crippen molar-refractivity contribution in [2.24, 2.45) is 0 Å². The topological polar surface area (TPSA) is 89.4 Å². The third-order valence-corrected chi connectivity index (χ3v) is 7.74. The van der Waals surface area contributed by atoms with Crippen LogP contribution in [0.5, 0.6) is 5.75 Å². The SMILES string of the molecule is COc1ccc2c(c1)c(CC(=O)NCCCCCC(C)(C)NC(=O)C1=CC=CC1)c(C)n2C(=O)c1ccc(Cl)cc1. The lowest BCUT2D eigenvalue weighted by Crippen LogP contribution is -2.43. The molecule has 0 radical (unpaired) electrons. The van der Waals surface area contributed by atoms with Crippen LogP contribution in [0.1, 0.15) is 67.6 Å². The number of hydrogen-bond donors (Lipinski definition) is 2. The quantitative estimate of drug-likeness (QED) is 0.248. The Kier molecular flexibility index (Phi) is 9.71. The molecule has 1 aliphatic carbocycles. The Balaban J connectivity index is 1.34. The van der Waals surface area contributed by atoms with Crippen LogP contribution in [0, 0.1) is 6.92 Å². The number of fused-ring (bicyclic) bond motifs is 1. The zero-order chi connectivity index (χ0) is 29.6. The van der Waals surface area contributed by atoms with Gasteiger partial charge in [-0.3, -0.25) is 19.0 Å². The van der Waals surface area contributed by atoms with E-state index in [9.17, 15) is 14.4 Å². The number of ether oxygens (including phenoxy) is 1. The maximum absolute atomic E-state index is 13.5. The van der Waals surface area contributed by atoms with E-state index in [1.807, 2.05) is 57.2 Å². The molecule has 8 heteroatoms. The minimum absolute atomic E-state index is 0.00333. The average molecular weight is 576 g/mol. The van der Waals surface area contributed by atoms with Gasteiger partial charge in [0.15, 0.2) is 0 Å². The largest absolute Gasteiger partial charge is 0.497 e. The van der Waals surface area contributed by atoms with E-state index < -0.39 is 0 Å². The first-order valence-electron chi connectivity index (χ1n) is 14.0. The van der Waals surface area contributed by atoms with E-state index in [-0.39, 0.29) is 29.7 Å². The molecule has 0 spiro atoms. The van der Waals surface area contributed by atoms with Crippen LogP contribution >= 0.6 is 11.6 Å². The number of carbonyl (C=O) groups excluding carboxylic acids is 3. The molecule has 0 atom stereocenters. The van der Waals surface area contributed by atoms with Gasteiger partial charge < -0.3 is 15.4 Å². The molecule has 2 N–H and O–H groups in total. The van der Waals surface area contributed by atoms with Crippen LogP contribution in [0.3, 0.4) is 0 Å².